The number of halogens is 1. The number of amides is 3. The third-order valence-electron chi connectivity index (χ3n) is 4.91. The van der Waals surface area contributed by atoms with E-state index in [-0.39, 0.29) is 24.4 Å². The van der Waals surface area contributed by atoms with Crippen molar-refractivity contribution in [1.82, 2.24) is 5.32 Å². The third kappa shape index (κ3) is 4.55. The standard InChI is InChI=1S/C17H24N4O3.ClH/c1-24-15-9-11(6-7-13(15)21-17(18)23)19-16(22)14-8-10-4-2-3-5-12(10)20-14;/h6-7,9-10,12,14,20H,2-5,8H2,1H3,(H,19,22)(H3,18,21,23);1H. The van der Waals surface area contributed by atoms with Crippen LogP contribution in [0.15, 0.2) is 18.2 Å². The number of nitrogens with one attached hydrogen (secondary N) is 3. The van der Waals surface area contributed by atoms with E-state index in [2.05, 4.69) is 16.0 Å². The summed E-state index contributed by atoms with van der Waals surface area (Å²) in [5.74, 6) is 1.04. The molecule has 3 atom stereocenters. The molecule has 1 saturated carbocycles. The summed E-state index contributed by atoms with van der Waals surface area (Å²) in [4.78, 5) is 23.5. The minimum atomic E-state index is -0.664. The van der Waals surface area contributed by atoms with Gasteiger partial charge in [0.2, 0.25) is 5.91 Å². The van der Waals surface area contributed by atoms with Gasteiger partial charge in [0.15, 0.2) is 0 Å². The topological polar surface area (TPSA) is 105 Å². The Morgan fingerprint density at radius 1 is 1.24 bits per heavy atom. The lowest BCUT2D eigenvalue weighted by molar-refractivity contribution is -0.117. The second-order valence-electron chi connectivity index (χ2n) is 6.50. The van der Waals surface area contributed by atoms with Crippen molar-refractivity contribution in [2.24, 2.45) is 11.7 Å². The third-order valence-corrected chi connectivity index (χ3v) is 4.91. The molecule has 3 amide bonds. The van der Waals surface area contributed by atoms with Gasteiger partial charge in [0.05, 0.1) is 18.8 Å². The molecule has 3 rings (SSSR count). The van der Waals surface area contributed by atoms with E-state index >= 15 is 0 Å². The van der Waals surface area contributed by atoms with Crippen LogP contribution in [0.25, 0.3) is 0 Å². The molecular formula is C17H25ClN4O3. The quantitative estimate of drug-likeness (QED) is 0.655. The van der Waals surface area contributed by atoms with E-state index in [1.807, 2.05) is 0 Å². The fraction of sp³-hybridized carbons (Fsp3) is 0.529. The average molecular weight is 369 g/mol. The Balaban J connectivity index is 0.00000225. The first-order valence-corrected chi connectivity index (χ1v) is 8.38. The maximum atomic E-state index is 12.5. The second-order valence-corrected chi connectivity index (χ2v) is 6.50. The molecule has 25 heavy (non-hydrogen) atoms. The number of ether oxygens (including phenoxy) is 1. The van der Waals surface area contributed by atoms with Crippen molar-refractivity contribution in [2.75, 3.05) is 17.7 Å². The number of hydrogen-bond acceptors (Lipinski definition) is 4. The number of primary amides is 1. The number of nitrogens with two attached hydrogens (primary N) is 1. The number of urea groups is 1. The Bertz CT molecular complexity index is 626. The highest BCUT2D eigenvalue weighted by Gasteiger charge is 2.38. The molecule has 0 radical (unpaired) electrons. The summed E-state index contributed by atoms with van der Waals surface area (Å²) in [5, 5.41) is 8.87. The first kappa shape index (κ1) is 19.3. The van der Waals surface area contributed by atoms with Crippen LogP contribution < -0.4 is 26.4 Å². The van der Waals surface area contributed by atoms with Crippen LogP contribution in [0.2, 0.25) is 0 Å². The number of benzene rings is 1. The van der Waals surface area contributed by atoms with Crippen LogP contribution in [0.5, 0.6) is 5.75 Å². The van der Waals surface area contributed by atoms with Crippen molar-refractivity contribution < 1.29 is 14.3 Å². The SMILES string of the molecule is COc1cc(NC(=O)C2CC3CCCCC3N2)ccc1NC(N)=O.Cl. The minimum Gasteiger partial charge on any atom is -0.494 e. The van der Waals surface area contributed by atoms with Crippen molar-refractivity contribution in [1.29, 1.82) is 0 Å². The molecule has 1 aliphatic heterocycles. The van der Waals surface area contributed by atoms with Gasteiger partial charge in [0, 0.05) is 17.8 Å². The van der Waals surface area contributed by atoms with Gasteiger partial charge in [0.1, 0.15) is 5.75 Å². The molecule has 2 fully saturated rings. The van der Waals surface area contributed by atoms with E-state index in [9.17, 15) is 9.59 Å². The van der Waals surface area contributed by atoms with Crippen molar-refractivity contribution >= 4 is 35.7 Å². The zero-order valence-corrected chi connectivity index (χ0v) is 15.0. The number of methoxy groups -OCH3 is 1. The zero-order valence-electron chi connectivity index (χ0n) is 14.2. The molecule has 1 aromatic rings. The first-order chi connectivity index (χ1) is 11.6. The van der Waals surface area contributed by atoms with E-state index in [1.165, 1.54) is 26.4 Å². The summed E-state index contributed by atoms with van der Waals surface area (Å²) in [6.07, 6.45) is 5.78. The van der Waals surface area contributed by atoms with Crippen molar-refractivity contribution in [3.63, 3.8) is 0 Å². The Hall–Kier alpha value is -1.99. The lowest BCUT2D eigenvalue weighted by Gasteiger charge is -2.24. The summed E-state index contributed by atoms with van der Waals surface area (Å²) in [6, 6.07) is 4.71. The highest BCUT2D eigenvalue weighted by atomic mass is 35.5. The van der Waals surface area contributed by atoms with Gasteiger partial charge in [-0.3, -0.25) is 4.79 Å². The highest BCUT2D eigenvalue weighted by molar-refractivity contribution is 5.96. The summed E-state index contributed by atoms with van der Waals surface area (Å²) in [6.45, 7) is 0. The van der Waals surface area contributed by atoms with Crippen LogP contribution in [-0.4, -0.2) is 31.1 Å². The van der Waals surface area contributed by atoms with Crippen LogP contribution >= 0.6 is 12.4 Å². The minimum absolute atomic E-state index is 0. The Kier molecular flexibility index (Phi) is 6.50. The molecule has 7 nitrogen and oxygen atoms in total. The van der Waals surface area contributed by atoms with Crippen molar-refractivity contribution in [3.05, 3.63) is 18.2 Å². The van der Waals surface area contributed by atoms with Gasteiger partial charge in [-0.05, 0) is 37.3 Å². The van der Waals surface area contributed by atoms with E-state index in [0.717, 1.165) is 12.8 Å². The van der Waals surface area contributed by atoms with Crippen LogP contribution in [0.3, 0.4) is 0 Å². The van der Waals surface area contributed by atoms with Crippen molar-refractivity contribution in [3.8, 4) is 5.75 Å². The van der Waals surface area contributed by atoms with Gasteiger partial charge in [-0.1, -0.05) is 12.8 Å². The van der Waals surface area contributed by atoms with Crippen molar-refractivity contribution in [2.45, 2.75) is 44.2 Å². The molecule has 0 aromatic heterocycles. The van der Waals surface area contributed by atoms with Gasteiger partial charge in [0.25, 0.3) is 0 Å². The summed E-state index contributed by atoms with van der Waals surface area (Å²) in [5.41, 5.74) is 6.22. The van der Waals surface area contributed by atoms with E-state index in [0.29, 0.717) is 29.1 Å². The zero-order chi connectivity index (χ0) is 17.1. The monoisotopic (exact) mass is 368 g/mol. The number of hydrogen-bond donors (Lipinski definition) is 4. The van der Waals surface area contributed by atoms with Gasteiger partial charge >= 0.3 is 6.03 Å². The highest BCUT2D eigenvalue weighted by Crippen LogP contribution is 2.34. The molecule has 5 N–H and O–H groups in total. The smallest absolute Gasteiger partial charge is 0.316 e. The number of anilines is 2. The van der Waals surface area contributed by atoms with E-state index in [4.69, 9.17) is 10.5 Å². The molecule has 138 valence electrons. The molecule has 8 heteroatoms. The van der Waals surface area contributed by atoms with Gasteiger partial charge in [-0.15, -0.1) is 12.4 Å². The van der Waals surface area contributed by atoms with E-state index < -0.39 is 6.03 Å². The number of carbonyl (C=O) groups excluding carboxylic acids is 2. The average Bonchev–Trinajstić information content (AvgIpc) is 3.00. The maximum Gasteiger partial charge on any atom is 0.316 e. The largest absolute Gasteiger partial charge is 0.494 e. The van der Waals surface area contributed by atoms with Crippen LogP contribution in [-0.2, 0) is 4.79 Å². The lowest BCUT2D eigenvalue weighted by Crippen LogP contribution is -2.39. The molecule has 0 spiro atoms. The Morgan fingerprint density at radius 3 is 2.68 bits per heavy atom. The predicted molar refractivity (Wildman–Crippen MR) is 99.4 cm³/mol. The van der Waals surface area contributed by atoms with Gasteiger partial charge in [-0.2, -0.15) is 0 Å². The lowest BCUT2D eigenvalue weighted by atomic mass is 9.85. The fourth-order valence-corrected chi connectivity index (χ4v) is 3.76. The van der Waals surface area contributed by atoms with Crippen LogP contribution in [0.4, 0.5) is 16.2 Å². The molecule has 0 bridgehead atoms. The summed E-state index contributed by atoms with van der Waals surface area (Å²) >= 11 is 0. The van der Waals surface area contributed by atoms with E-state index in [1.54, 1.807) is 18.2 Å². The van der Waals surface area contributed by atoms with Gasteiger partial charge in [-0.25, -0.2) is 4.79 Å². The molecular weight excluding hydrogens is 344 g/mol. The number of fused-ring (bicyclic) bond motifs is 1. The molecule has 1 heterocycles. The molecule has 1 saturated heterocycles. The van der Waals surface area contributed by atoms with Crippen LogP contribution in [0.1, 0.15) is 32.1 Å². The van der Waals surface area contributed by atoms with Crippen LogP contribution in [0, 0.1) is 5.92 Å². The normalized spacial score (nSPS) is 24.6. The Labute approximate surface area is 153 Å². The molecule has 2 aliphatic rings. The van der Waals surface area contributed by atoms with Gasteiger partial charge < -0.3 is 26.4 Å². The Morgan fingerprint density at radius 2 is 2.00 bits per heavy atom. The maximum absolute atomic E-state index is 12.5. The molecule has 3 unspecified atom stereocenters. The first-order valence-electron chi connectivity index (χ1n) is 8.38. The molecule has 1 aliphatic carbocycles. The fourth-order valence-electron chi connectivity index (χ4n) is 3.76. The predicted octanol–water partition coefficient (Wildman–Crippen LogP) is 2.47. The second kappa shape index (κ2) is 8.40. The summed E-state index contributed by atoms with van der Waals surface area (Å²) < 4.78 is 5.23. The number of rotatable bonds is 4. The molecule has 1 aromatic carbocycles. The summed E-state index contributed by atoms with van der Waals surface area (Å²) in [7, 11) is 1.50. The number of carbonyl (C=O) groups is 2.